The molecule has 2 aromatic rings. The van der Waals surface area contributed by atoms with Crippen molar-refractivity contribution in [3.05, 3.63) is 36.1 Å². The number of likely N-dealkylation sites (tertiary alicyclic amines) is 1. The summed E-state index contributed by atoms with van der Waals surface area (Å²) in [7, 11) is 0. The van der Waals surface area contributed by atoms with Crippen LogP contribution in [0.2, 0.25) is 0 Å². The predicted octanol–water partition coefficient (Wildman–Crippen LogP) is 2.50. The molecule has 1 saturated heterocycles. The van der Waals surface area contributed by atoms with Crippen LogP contribution >= 0.6 is 0 Å². The van der Waals surface area contributed by atoms with Crippen molar-refractivity contribution in [3.8, 4) is 0 Å². The summed E-state index contributed by atoms with van der Waals surface area (Å²) in [5.74, 6) is -0.0260. The van der Waals surface area contributed by atoms with Crippen LogP contribution in [0.4, 0.5) is 0 Å². The fourth-order valence-electron chi connectivity index (χ4n) is 2.38. The van der Waals surface area contributed by atoms with Crippen molar-refractivity contribution >= 4 is 22.6 Å². The number of fused-ring (bicyclic) bond motifs is 1. The number of hydrogen-bond acceptors (Lipinski definition) is 4. The number of para-hydroxylation sites is 1. The van der Waals surface area contributed by atoms with Gasteiger partial charge in [-0.2, -0.15) is 0 Å². The Morgan fingerprint density at radius 2 is 2.00 bits per heavy atom. The molecule has 3 rings (SSSR count). The van der Waals surface area contributed by atoms with E-state index in [2.05, 4.69) is 5.16 Å². The number of furan rings is 1. The molecule has 0 atom stereocenters. The smallest absolute Gasteiger partial charge is 0.257 e. The number of benzene rings is 1. The monoisotopic (exact) mass is 258 g/mol. The van der Waals surface area contributed by atoms with Crippen molar-refractivity contribution in [2.24, 2.45) is 5.16 Å². The van der Waals surface area contributed by atoms with Gasteiger partial charge in [-0.3, -0.25) is 4.79 Å². The zero-order valence-electron chi connectivity index (χ0n) is 10.4. The highest BCUT2D eigenvalue weighted by Gasteiger charge is 2.23. The van der Waals surface area contributed by atoms with Gasteiger partial charge in [-0.05, 0) is 6.07 Å². The van der Waals surface area contributed by atoms with Crippen molar-refractivity contribution in [3.63, 3.8) is 0 Å². The molecule has 19 heavy (non-hydrogen) atoms. The van der Waals surface area contributed by atoms with E-state index in [9.17, 15) is 4.79 Å². The Bertz CT molecular complexity index is 635. The molecule has 1 fully saturated rings. The van der Waals surface area contributed by atoms with Crippen molar-refractivity contribution in [2.45, 2.75) is 12.8 Å². The van der Waals surface area contributed by atoms with Crippen LogP contribution in [0.5, 0.6) is 0 Å². The third-order valence-corrected chi connectivity index (χ3v) is 3.48. The first-order chi connectivity index (χ1) is 9.29. The molecule has 1 aromatic heterocycles. The Balaban J connectivity index is 1.85. The third kappa shape index (κ3) is 2.07. The number of hydrogen-bond donors (Lipinski definition) is 1. The highest BCUT2D eigenvalue weighted by Crippen LogP contribution is 2.23. The second kappa shape index (κ2) is 4.76. The number of piperidine rings is 1. The molecule has 0 aliphatic carbocycles. The summed E-state index contributed by atoms with van der Waals surface area (Å²) in [5.41, 5.74) is 2.07. The Labute approximate surface area is 110 Å². The highest BCUT2D eigenvalue weighted by molar-refractivity contribution is 6.06. The first-order valence-electron chi connectivity index (χ1n) is 6.25. The molecular formula is C14H14N2O3. The molecule has 1 amide bonds. The lowest BCUT2D eigenvalue weighted by atomic mass is 10.1. The van der Waals surface area contributed by atoms with E-state index in [4.69, 9.17) is 9.62 Å². The van der Waals surface area contributed by atoms with Gasteiger partial charge in [-0.1, -0.05) is 23.4 Å². The zero-order chi connectivity index (χ0) is 13.2. The lowest BCUT2D eigenvalue weighted by Gasteiger charge is -2.26. The van der Waals surface area contributed by atoms with Crippen LogP contribution in [0.15, 0.2) is 40.1 Å². The van der Waals surface area contributed by atoms with E-state index in [-0.39, 0.29) is 5.91 Å². The van der Waals surface area contributed by atoms with Gasteiger partial charge in [0, 0.05) is 31.3 Å². The number of carbonyl (C=O) groups is 1. The van der Waals surface area contributed by atoms with Gasteiger partial charge in [0.25, 0.3) is 5.91 Å². The lowest BCUT2D eigenvalue weighted by Crippen LogP contribution is -2.38. The average molecular weight is 258 g/mol. The van der Waals surface area contributed by atoms with E-state index in [0.717, 1.165) is 16.7 Å². The Morgan fingerprint density at radius 3 is 2.74 bits per heavy atom. The molecule has 0 unspecified atom stereocenters. The number of rotatable bonds is 1. The highest BCUT2D eigenvalue weighted by atomic mass is 16.4. The van der Waals surface area contributed by atoms with Crippen molar-refractivity contribution < 1.29 is 14.4 Å². The van der Waals surface area contributed by atoms with Gasteiger partial charge in [0.15, 0.2) is 0 Å². The van der Waals surface area contributed by atoms with E-state index >= 15 is 0 Å². The molecule has 0 radical (unpaired) electrons. The molecular weight excluding hydrogens is 244 g/mol. The van der Waals surface area contributed by atoms with Crippen LogP contribution in [-0.4, -0.2) is 34.8 Å². The summed E-state index contributed by atoms with van der Waals surface area (Å²) in [6, 6.07) is 7.50. The van der Waals surface area contributed by atoms with Gasteiger partial charge >= 0.3 is 0 Å². The molecule has 98 valence electrons. The maximum absolute atomic E-state index is 12.4. The molecule has 2 heterocycles. The molecule has 1 aliphatic rings. The van der Waals surface area contributed by atoms with E-state index in [1.807, 2.05) is 24.3 Å². The Kier molecular flexibility index (Phi) is 2.95. The largest absolute Gasteiger partial charge is 0.463 e. The normalized spacial score (nSPS) is 15.8. The fraction of sp³-hybridized carbons (Fsp3) is 0.286. The van der Waals surface area contributed by atoms with Crippen LogP contribution in [0, 0.1) is 0 Å². The lowest BCUT2D eigenvalue weighted by molar-refractivity contribution is 0.0754. The molecule has 5 nitrogen and oxygen atoms in total. The van der Waals surface area contributed by atoms with Crippen LogP contribution < -0.4 is 0 Å². The molecule has 1 aromatic carbocycles. The number of amides is 1. The minimum atomic E-state index is -0.0260. The second-order valence-electron chi connectivity index (χ2n) is 4.60. The average Bonchev–Trinajstić information content (AvgIpc) is 2.90. The van der Waals surface area contributed by atoms with Crippen LogP contribution in [0.1, 0.15) is 23.2 Å². The summed E-state index contributed by atoms with van der Waals surface area (Å²) in [6.45, 7) is 1.16. The molecule has 1 N–H and O–H groups in total. The van der Waals surface area contributed by atoms with Gasteiger partial charge in [0.2, 0.25) is 0 Å². The predicted molar refractivity (Wildman–Crippen MR) is 70.6 cm³/mol. The molecule has 5 heteroatoms. The van der Waals surface area contributed by atoms with Crippen molar-refractivity contribution in [1.29, 1.82) is 0 Å². The van der Waals surface area contributed by atoms with Crippen LogP contribution in [-0.2, 0) is 0 Å². The standard InChI is InChI=1S/C14H14N2O3/c17-14(16-7-5-10(15-18)6-8-16)12-9-19-13-4-2-1-3-11(12)13/h1-4,9,18H,5-8H2. The summed E-state index contributed by atoms with van der Waals surface area (Å²) in [4.78, 5) is 14.2. The summed E-state index contributed by atoms with van der Waals surface area (Å²) in [6.07, 6.45) is 2.76. The summed E-state index contributed by atoms with van der Waals surface area (Å²) < 4.78 is 5.39. The first kappa shape index (κ1) is 11.8. The van der Waals surface area contributed by atoms with Crippen molar-refractivity contribution in [2.75, 3.05) is 13.1 Å². The minimum Gasteiger partial charge on any atom is -0.463 e. The number of oxime groups is 1. The molecule has 1 aliphatic heterocycles. The fourth-order valence-corrected chi connectivity index (χ4v) is 2.38. The topological polar surface area (TPSA) is 66.0 Å². The van der Waals surface area contributed by atoms with Gasteiger partial charge in [-0.25, -0.2) is 0 Å². The van der Waals surface area contributed by atoms with Gasteiger partial charge in [-0.15, -0.1) is 0 Å². The number of nitrogens with zero attached hydrogens (tertiary/aromatic N) is 2. The molecule has 0 bridgehead atoms. The van der Waals surface area contributed by atoms with Gasteiger partial charge in [0.1, 0.15) is 11.8 Å². The zero-order valence-corrected chi connectivity index (χ0v) is 10.4. The summed E-state index contributed by atoms with van der Waals surface area (Å²) >= 11 is 0. The second-order valence-corrected chi connectivity index (χ2v) is 4.60. The molecule has 0 spiro atoms. The van der Waals surface area contributed by atoms with Gasteiger partial charge < -0.3 is 14.5 Å². The van der Waals surface area contributed by atoms with Crippen molar-refractivity contribution in [1.82, 2.24) is 4.90 Å². The Morgan fingerprint density at radius 1 is 1.26 bits per heavy atom. The maximum Gasteiger partial charge on any atom is 0.257 e. The molecule has 0 saturated carbocycles. The van der Waals surface area contributed by atoms with E-state index < -0.39 is 0 Å². The number of carbonyl (C=O) groups excluding carboxylic acids is 1. The van der Waals surface area contributed by atoms with Gasteiger partial charge in [0.05, 0.1) is 11.3 Å². The SMILES string of the molecule is O=C(c1coc2ccccc12)N1CCC(=NO)CC1. The Hall–Kier alpha value is -2.30. The van der Waals surface area contributed by atoms with E-state index in [0.29, 0.717) is 31.5 Å². The minimum absolute atomic E-state index is 0.0260. The first-order valence-corrected chi connectivity index (χ1v) is 6.25. The maximum atomic E-state index is 12.4. The summed E-state index contributed by atoms with van der Waals surface area (Å²) in [5, 5.41) is 12.8. The quantitative estimate of drug-likeness (QED) is 0.631. The van der Waals surface area contributed by atoms with E-state index in [1.165, 1.54) is 6.26 Å². The van der Waals surface area contributed by atoms with Crippen LogP contribution in [0.3, 0.4) is 0 Å². The van der Waals surface area contributed by atoms with Crippen LogP contribution in [0.25, 0.3) is 11.0 Å². The third-order valence-electron chi connectivity index (χ3n) is 3.48. The van der Waals surface area contributed by atoms with E-state index in [1.54, 1.807) is 4.90 Å².